The standard InChI is InChI=1S/C28H32F2N2O5S2/c1-5-7-12-38(35)31-18(3)22-15-27(33)32(4)16-25(22)23-13-20(17-39(36,37)6-2)26(30)14-24(23)28(34)19-8-10-21(29)11-9-19/h8-11,13-16,18,31H,5-7,12,17H2,1-4H3/t18-,38-/m0/s1. The number of nitrogens with one attached hydrogen (secondary N) is 1. The number of sulfone groups is 1. The van der Waals surface area contributed by atoms with Crippen LogP contribution in [0.25, 0.3) is 11.1 Å². The second kappa shape index (κ2) is 13.0. The minimum atomic E-state index is -3.62. The molecule has 0 aliphatic rings. The molecule has 0 bridgehead atoms. The SMILES string of the molecule is CCCC[S@+]([O-])N[C@@H](C)c1cc(=O)n(C)cc1-c1cc(CS(=O)(=O)CC)c(F)cc1C(=O)c1ccc(F)cc1. The Balaban J connectivity index is 2.26. The molecule has 0 radical (unpaired) electrons. The van der Waals surface area contributed by atoms with Crippen molar-refractivity contribution in [1.29, 1.82) is 0 Å². The van der Waals surface area contributed by atoms with Crippen LogP contribution in [0, 0.1) is 11.6 Å². The van der Waals surface area contributed by atoms with Gasteiger partial charge in [0.15, 0.2) is 15.6 Å². The van der Waals surface area contributed by atoms with E-state index in [0.29, 0.717) is 16.9 Å². The van der Waals surface area contributed by atoms with Crippen LogP contribution in [0.1, 0.15) is 66.7 Å². The fourth-order valence-electron chi connectivity index (χ4n) is 4.06. The van der Waals surface area contributed by atoms with Crippen LogP contribution in [0.15, 0.2) is 53.5 Å². The molecule has 1 aromatic heterocycles. The monoisotopic (exact) mass is 578 g/mol. The number of pyridine rings is 1. The van der Waals surface area contributed by atoms with Crippen LogP contribution in [-0.4, -0.2) is 34.8 Å². The predicted molar refractivity (Wildman–Crippen MR) is 150 cm³/mol. The van der Waals surface area contributed by atoms with Crippen molar-refractivity contribution in [2.45, 2.75) is 45.4 Å². The Morgan fingerprint density at radius 2 is 1.77 bits per heavy atom. The van der Waals surface area contributed by atoms with E-state index in [4.69, 9.17) is 0 Å². The summed E-state index contributed by atoms with van der Waals surface area (Å²) in [4.78, 5) is 26.2. The van der Waals surface area contributed by atoms with E-state index in [2.05, 4.69) is 4.72 Å². The summed E-state index contributed by atoms with van der Waals surface area (Å²) in [5.41, 5.74) is 0.501. The largest absolute Gasteiger partial charge is 0.598 e. The molecule has 0 spiro atoms. The Hall–Kier alpha value is -2.86. The van der Waals surface area contributed by atoms with Gasteiger partial charge < -0.3 is 9.12 Å². The molecule has 0 saturated heterocycles. The molecule has 1 heterocycles. The number of ketones is 1. The maximum Gasteiger partial charge on any atom is 0.250 e. The van der Waals surface area contributed by atoms with Crippen molar-refractivity contribution < 1.29 is 26.5 Å². The lowest BCUT2D eigenvalue weighted by Gasteiger charge is -2.22. The normalized spacial score (nSPS) is 13.3. The molecule has 3 rings (SSSR count). The Morgan fingerprint density at radius 3 is 2.38 bits per heavy atom. The van der Waals surface area contributed by atoms with E-state index in [-0.39, 0.29) is 33.6 Å². The summed E-state index contributed by atoms with van der Waals surface area (Å²) >= 11 is -1.40. The Bertz CT molecular complexity index is 1510. The molecule has 0 unspecified atom stereocenters. The van der Waals surface area contributed by atoms with E-state index in [9.17, 15) is 27.0 Å². The van der Waals surface area contributed by atoms with Gasteiger partial charge in [-0.1, -0.05) is 20.3 Å². The van der Waals surface area contributed by atoms with E-state index in [1.54, 1.807) is 6.92 Å². The molecule has 0 saturated carbocycles. The molecule has 0 fully saturated rings. The zero-order valence-electron chi connectivity index (χ0n) is 22.3. The van der Waals surface area contributed by atoms with Crippen molar-refractivity contribution in [2.75, 3.05) is 11.5 Å². The minimum absolute atomic E-state index is 0.0871. The smallest absolute Gasteiger partial charge is 0.250 e. The number of nitrogens with zero attached hydrogens (tertiary/aromatic N) is 1. The molecular formula is C28H32F2N2O5S2. The second-order valence-corrected chi connectivity index (χ2v) is 13.0. The Morgan fingerprint density at radius 1 is 1.10 bits per heavy atom. The summed E-state index contributed by atoms with van der Waals surface area (Å²) in [6, 6.07) is 7.81. The summed E-state index contributed by atoms with van der Waals surface area (Å²) in [7, 11) is -2.11. The molecule has 39 heavy (non-hydrogen) atoms. The van der Waals surface area contributed by atoms with Crippen molar-refractivity contribution in [3.05, 3.63) is 92.9 Å². The average Bonchev–Trinajstić information content (AvgIpc) is 2.89. The van der Waals surface area contributed by atoms with Crippen molar-refractivity contribution in [1.82, 2.24) is 9.29 Å². The number of halogens is 2. The summed E-state index contributed by atoms with van der Waals surface area (Å²) in [5, 5.41) is 0. The van der Waals surface area contributed by atoms with Crippen LogP contribution >= 0.6 is 0 Å². The van der Waals surface area contributed by atoms with E-state index >= 15 is 4.39 Å². The summed E-state index contributed by atoms with van der Waals surface area (Å²) in [5.74, 6) is -2.41. The number of benzene rings is 2. The van der Waals surface area contributed by atoms with Crippen LogP contribution in [-0.2, 0) is 34.0 Å². The van der Waals surface area contributed by atoms with Gasteiger partial charge in [0.2, 0.25) is 0 Å². The molecule has 1 N–H and O–H groups in total. The van der Waals surface area contributed by atoms with Gasteiger partial charge in [0.25, 0.3) is 5.56 Å². The number of carbonyl (C=O) groups is 1. The number of rotatable bonds is 12. The topological polar surface area (TPSA) is 108 Å². The van der Waals surface area contributed by atoms with Gasteiger partial charge in [0.05, 0.1) is 11.8 Å². The highest BCUT2D eigenvalue weighted by molar-refractivity contribution is 7.90. The quantitative estimate of drug-likeness (QED) is 0.248. The van der Waals surface area contributed by atoms with Crippen LogP contribution < -0.4 is 10.3 Å². The van der Waals surface area contributed by atoms with Crippen LogP contribution in [0.5, 0.6) is 0 Å². The first kappa shape index (κ1) is 30.7. The molecule has 11 heteroatoms. The first-order chi connectivity index (χ1) is 18.4. The third-order valence-corrected chi connectivity index (χ3v) is 9.27. The Kier molecular flexibility index (Phi) is 10.2. The molecule has 2 atom stereocenters. The van der Waals surface area contributed by atoms with Crippen molar-refractivity contribution in [2.24, 2.45) is 7.05 Å². The van der Waals surface area contributed by atoms with Gasteiger partial charge in [-0.3, -0.25) is 9.59 Å². The van der Waals surface area contributed by atoms with Crippen molar-refractivity contribution >= 4 is 27.0 Å². The second-order valence-electron chi connectivity index (χ2n) is 9.34. The maximum absolute atomic E-state index is 15.3. The maximum atomic E-state index is 15.3. The highest BCUT2D eigenvalue weighted by atomic mass is 32.2. The predicted octanol–water partition coefficient (Wildman–Crippen LogP) is 4.61. The third kappa shape index (κ3) is 7.63. The zero-order valence-corrected chi connectivity index (χ0v) is 23.9. The average molecular weight is 579 g/mol. The number of aromatic nitrogens is 1. The highest BCUT2D eigenvalue weighted by Crippen LogP contribution is 2.34. The molecule has 0 amide bonds. The van der Waals surface area contributed by atoms with Gasteiger partial charge in [-0.15, -0.1) is 4.72 Å². The van der Waals surface area contributed by atoms with Gasteiger partial charge in [-0.2, -0.15) is 0 Å². The molecule has 7 nitrogen and oxygen atoms in total. The van der Waals surface area contributed by atoms with E-state index in [1.165, 1.54) is 49.0 Å². The number of unbranched alkanes of at least 4 members (excludes halogenated alkanes) is 1. The van der Waals surface area contributed by atoms with E-state index in [1.807, 2.05) is 6.92 Å². The highest BCUT2D eigenvalue weighted by Gasteiger charge is 2.25. The van der Waals surface area contributed by atoms with Gasteiger partial charge in [-0.25, -0.2) is 17.2 Å². The van der Waals surface area contributed by atoms with E-state index < -0.39 is 50.4 Å². The Labute approximate surface area is 230 Å². The van der Waals surface area contributed by atoms with Gasteiger partial charge in [0, 0.05) is 58.7 Å². The number of carbonyl (C=O) groups excluding carboxylic acids is 1. The van der Waals surface area contributed by atoms with Crippen molar-refractivity contribution in [3.8, 4) is 11.1 Å². The third-order valence-electron chi connectivity index (χ3n) is 6.36. The van der Waals surface area contributed by atoms with Gasteiger partial charge in [0.1, 0.15) is 17.4 Å². The van der Waals surface area contributed by atoms with Crippen LogP contribution in [0.4, 0.5) is 8.78 Å². The zero-order chi connectivity index (χ0) is 28.9. The molecule has 0 aliphatic heterocycles. The summed E-state index contributed by atoms with van der Waals surface area (Å²) in [6.45, 7) is 5.15. The first-order valence-corrected chi connectivity index (χ1v) is 15.7. The van der Waals surface area contributed by atoms with Gasteiger partial charge >= 0.3 is 0 Å². The van der Waals surface area contributed by atoms with Crippen LogP contribution in [0.3, 0.4) is 0 Å². The number of hydrogen-bond acceptors (Lipinski definition) is 6. The lowest BCUT2D eigenvalue weighted by molar-refractivity contribution is 0.103. The minimum Gasteiger partial charge on any atom is -0.598 e. The fourth-order valence-corrected chi connectivity index (χ4v) is 6.15. The summed E-state index contributed by atoms with van der Waals surface area (Å²) in [6.07, 6.45) is 3.07. The lowest BCUT2D eigenvalue weighted by atomic mass is 9.89. The fraction of sp³-hybridized carbons (Fsp3) is 0.357. The summed E-state index contributed by atoms with van der Waals surface area (Å²) < 4.78 is 70.3. The van der Waals surface area contributed by atoms with Crippen LogP contribution in [0.2, 0.25) is 0 Å². The first-order valence-electron chi connectivity index (χ1n) is 12.5. The molecular weight excluding hydrogens is 546 g/mol. The molecule has 3 aromatic rings. The lowest BCUT2D eigenvalue weighted by Crippen LogP contribution is -2.31. The van der Waals surface area contributed by atoms with E-state index in [0.717, 1.165) is 31.0 Å². The number of hydrogen-bond donors (Lipinski definition) is 1. The number of aryl methyl sites for hydroxylation is 1. The molecule has 210 valence electrons. The van der Waals surface area contributed by atoms with Gasteiger partial charge in [-0.05, 0) is 60.9 Å². The molecule has 2 aromatic carbocycles. The molecule has 0 aliphatic carbocycles. The van der Waals surface area contributed by atoms with Crippen molar-refractivity contribution in [3.63, 3.8) is 0 Å².